The first kappa shape index (κ1) is 22.3. The first-order valence-corrected chi connectivity index (χ1v) is 4.24. The van der Waals surface area contributed by atoms with Crippen LogP contribution in [0.4, 0.5) is 0 Å². The van der Waals surface area contributed by atoms with E-state index in [1.165, 1.54) is 24.3 Å². The topological polar surface area (TPSA) is 121 Å². The fraction of sp³-hybridized carbons (Fsp3) is 0.200. The van der Waals surface area contributed by atoms with Crippen LogP contribution in [-0.2, 0) is 4.79 Å². The van der Waals surface area contributed by atoms with Gasteiger partial charge in [0.2, 0.25) is 0 Å². The van der Waals surface area contributed by atoms with E-state index in [9.17, 15) is 19.8 Å². The van der Waals surface area contributed by atoms with E-state index in [-0.39, 0.29) is 43.3 Å². The summed E-state index contributed by atoms with van der Waals surface area (Å²) in [6.45, 7) is 1.13. The number of aromatic carboxylic acids is 1. The number of carboxylic acids is 2. The molecule has 0 fully saturated rings. The van der Waals surface area contributed by atoms with Gasteiger partial charge in [0.25, 0.3) is 0 Å². The Morgan fingerprint density at radius 2 is 1.61 bits per heavy atom. The summed E-state index contributed by atoms with van der Waals surface area (Å²) in [6.07, 6.45) is -1.34. The molecular weight excluding hydrogens is 230 g/mol. The van der Waals surface area contributed by atoms with Gasteiger partial charge in [0.1, 0.15) is 0 Å². The van der Waals surface area contributed by atoms with Crippen molar-refractivity contribution in [3.63, 3.8) is 0 Å². The minimum absolute atomic E-state index is 0. The Kier molecular flexibility index (Phi) is 13.9. The molecule has 0 saturated heterocycles. The van der Waals surface area contributed by atoms with Crippen molar-refractivity contribution in [2.75, 3.05) is 0 Å². The predicted octanol–water partition coefficient (Wildman–Crippen LogP) is -7.42. The smallest absolute Gasteiger partial charge is 0.872 e. The Morgan fingerprint density at radius 1 is 1.22 bits per heavy atom. The Balaban J connectivity index is -0.000000250. The predicted molar refractivity (Wildman–Crippen MR) is 49.5 cm³/mol. The van der Waals surface area contributed by atoms with Gasteiger partial charge in [-0.05, 0) is 13.0 Å². The summed E-state index contributed by atoms with van der Waals surface area (Å²) in [5.41, 5.74) is -0.178. The number of aliphatic hydroxyl groups is 1. The molecular formula is C10H10Li2O6. The van der Waals surface area contributed by atoms with E-state index in [2.05, 4.69) is 0 Å². The van der Waals surface area contributed by atoms with Crippen LogP contribution in [0.1, 0.15) is 17.3 Å². The zero-order valence-electron chi connectivity index (χ0n) is 10.4. The average molecular weight is 240 g/mol. The van der Waals surface area contributed by atoms with E-state index in [1.807, 2.05) is 0 Å². The summed E-state index contributed by atoms with van der Waals surface area (Å²) in [5, 5.41) is 36.4. The average Bonchev–Trinajstić information content (AvgIpc) is 2.18. The van der Waals surface area contributed by atoms with Crippen LogP contribution < -0.4 is 47.9 Å². The zero-order chi connectivity index (χ0) is 12.7. The molecule has 1 aromatic carbocycles. The SMILES string of the molecule is CC(O)C(=O)[O-].O=C(O)c1ccccc1[O-].[Li+].[Li+]. The number of para-hydroxylation sites is 1. The fourth-order valence-corrected chi connectivity index (χ4v) is 0.643. The van der Waals surface area contributed by atoms with Gasteiger partial charge in [-0.15, -0.1) is 0 Å². The first-order valence-electron chi connectivity index (χ1n) is 4.24. The van der Waals surface area contributed by atoms with E-state index >= 15 is 0 Å². The van der Waals surface area contributed by atoms with Gasteiger partial charge in [-0.25, -0.2) is 4.79 Å². The number of hydrogen-bond donors (Lipinski definition) is 2. The molecule has 6 nitrogen and oxygen atoms in total. The van der Waals surface area contributed by atoms with Gasteiger partial charge in [0, 0.05) is 0 Å². The minimum Gasteiger partial charge on any atom is -0.872 e. The maximum absolute atomic E-state index is 10.7. The van der Waals surface area contributed by atoms with Crippen molar-refractivity contribution in [2.45, 2.75) is 13.0 Å². The third-order valence-corrected chi connectivity index (χ3v) is 1.46. The number of hydrogen-bond acceptors (Lipinski definition) is 5. The second-order valence-electron chi connectivity index (χ2n) is 2.80. The monoisotopic (exact) mass is 240 g/mol. The maximum atomic E-state index is 10.7. The van der Waals surface area contributed by atoms with Gasteiger partial charge < -0.3 is 25.2 Å². The summed E-state index contributed by atoms with van der Waals surface area (Å²) >= 11 is 0. The van der Waals surface area contributed by atoms with Crippen molar-refractivity contribution in [3.05, 3.63) is 29.8 Å². The number of carboxylic acid groups (broad SMARTS) is 2. The van der Waals surface area contributed by atoms with E-state index < -0.39 is 23.8 Å². The van der Waals surface area contributed by atoms with Gasteiger partial charge in [-0.1, -0.05) is 23.9 Å². The molecule has 1 unspecified atom stereocenters. The molecule has 0 radical (unpaired) electrons. The Hall–Kier alpha value is -0.885. The number of aliphatic carboxylic acids is 1. The van der Waals surface area contributed by atoms with Crippen LogP contribution in [0.2, 0.25) is 0 Å². The van der Waals surface area contributed by atoms with E-state index in [4.69, 9.17) is 10.2 Å². The largest absolute Gasteiger partial charge is 1.00 e. The molecule has 0 aliphatic heterocycles. The van der Waals surface area contributed by atoms with Crippen molar-refractivity contribution in [1.82, 2.24) is 0 Å². The van der Waals surface area contributed by atoms with Crippen molar-refractivity contribution in [2.24, 2.45) is 0 Å². The number of benzene rings is 1. The Morgan fingerprint density at radius 3 is 1.83 bits per heavy atom. The van der Waals surface area contributed by atoms with Crippen LogP contribution in [0.15, 0.2) is 24.3 Å². The third kappa shape index (κ3) is 9.18. The van der Waals surface area contributed by atoms with Crippen LogP contribution in [-0.4, -0.2) is 28.3 Å². The van der Waals surface area contributed by atoms with Crippen molar-refractivity contribution in [3.8, 4) is 5.75 Å². The molecule has 8 heteroatoms. The summed E-state index contributed by atoms with van der Waals surface area (Å²) in [7, 11) is 0. The van der Waals surface area contributed by atoms with Gasteiger partial charge >= 0.3 is 43.7 Å². The van der Waals surface area contributed by atoms with Gasteiger partial charge in [0.15, 0.2) is 0 Å². The molecule has 0 aliphatic rings. The Bertz CT molecular complexity index is 380. The quantitative estimate of drug-likeness (QED) is 0.495. The molecule has 1 atom stereocenters. The molecule has 0 bridgehead atoms. The van der Waals surface area contributed by atoms with Gasteiger partial charge in [0.05, 0.1) is 17.6 Å². The molecule has 0 amide bonds. The molecule has 18 heavy (non-hydrogen) atoms. The Labute approximate surface area is 128 Å². The molecule has 0 saturated carbocycles. The van der Waals surface area contributed by atoms with Crippen molar-refractivity contribution >= 4 is 11.9 Å². The van der Waals surface area contributed by atoms with Crippen LogP contribution in [0.3, 0.4) is 0 Å². The normalized spacial score (nSPS) is 9.67. The van der Waals surface area contributed by atoms with Crippen molar-refractivity contribution in [1.29, 1.82) is 0 Å². The molecule has 1 rings (SSSR count). The van der Waals surface area contributed by atoms with Crippen LogP contribution in [0.5, 0.6) is 5.75 Å². The summed E-state index contributed by atoms with van der Waals surface area (Å²) in [4.78, 5) is 19.6. The molecule has 1 aromatic rings. The fourth-order valence-electron chi connectivity index (χ4n) is 0.643. The van der Waals surface area contributed by atoms with E-state index in [0.717, 1.165) is 6.92 Å². The molecule has 0 aromatic heterocycles. The standard InChI is InChI=1S/C7H6O3.C3H6O3.2Li/c8-6-4-2-1-3-5(6)7(9)10;1-2(4)3(5)6;;/h1-4,8H,(H,9,10);2,4H,1H3,(H,5,6);;/q;;2*+1/p-2. The van der Waals surface area contributed by atoms with Crippen LogP contribution in [0.25, 0.3) is 0 Å². The van der Waals surface area contributed by atoms with E-state index in [0.29, 0.717) is 0 Å². The number of carbonyl (C=O) groups excluding carboxylic acids is 1. The van der Waals surface area contributed by atoms with Crippen LogP contribution >= 0.6 is 0 Å². The summed E-state index contributed by atoms with van der Waals surface area (Å²) < 4.78 is 0. The summed E-state index contributed by atoms with van der Waals surface area (Å²) in [5.74, 6) is -3.06. The number of carbonyl (C=O) groups is 2. The maximum Gasteiger partial charge on any atom is 1.00 e. The molecule has 0 aliphatic carbocycles. The van der Waals surface area contributed by atoms with Gasteiger partial charge in [-0.2, -0.15) is 0 Å². The van der Waals surface area contributed by atoms with Crippen molar-refractivity contribution < 1.29 is 67.7 Å². The number of rotatable bonds is 2. The zero-order valence-corrected chi connectivity index (χ0v) is 10.4. The van der Waals surface area contributed by atoms with Gasteiger partial charge in [-0.3, -0.25) is 0 Å². The second-order valence-corrected chi connectivity index (χ2v) is 2.80. The molecule has 88 valence electrons. The molecule has 2 N–H and O–H groups in total. The minimum atomic E-state index is -1.44. The molecule has 0 heterocycles. The third-order valence-electron chi connectivity index (χ3n) is 1.46. The first-order chi connectivity index (χ1) is 7.36. The number of aliphatic hydroxyl groups excluding tert-OH is 1. The van der Waals surface area contributed by atoms with E-state index in [1.54, 1.807) is 0 Å². The van der Waals surface area contributed by atoms with Crippen LogP contribution in [0, 0.1) is 0 Å². The second kappa shape index (κ2) is 11.2. The molecule has 0 spiro atoms. The summed E-state index contributed by atoms with van der Waals surface area (Å²) in [6, 6.07) is 5.54.